The van der Waals surface area contributed by atoms with E-state index in [1.54, 1.807) is 11.9 Å². The van der Waals surface area contributed by atoms with Gasteiger partial charge in [-0.15, -0.1) is 11.6 Å². The fourth-order valence-electron chi connectivity index (χ4n) is 0.809. The topological polar surface area (TPSA) is 20.3 Å². The zero-order valence-electron chi connectivity index (χ0n) is 8.35. The van der Waals surface area contributed by atoms with Gasteiger partial charge in [0.1, 0.15) is 0 Å². The highest BCUT2D eigenvalue weighted by molar-refractivity contribution is 6.18. The number of carbonyl (C=O) groups is 1. The largest absolute Gasteiger partial charge is 0.339 e. The van der Waals surface area contributed by atoms with E-state index in [0.29, 0.717) is 12.3 Å². The number of rotatable bonds is 4. The quantitative estimate of drug-likeness (QED) is 0.625. The van der Waals surface area contributed by atoms with E-state index >= 15 is 0 Å². The Morgan fingerprint density at radius 3 is 2.33 bits per heavy atom. The molecule has 1 amide bonds. The van der Waals surface area contributed by atoms with Gasteiger partial charge in [0.15, 0.2) is 0 Å². The molecule has 0 heterocycles. The average Bonchev–Trinajstić information content (AvgIpc) is 2.03. The highest BCUT2D eigenvalue weighted by atomic mass is 35.5. The van der Waals surface area contributed by atoms with Crippen LogP contribution in [0.15, 0.2) is 0 Å². The summed E-state index contributed by atoms with van der Waals surface area (Å²) in [6.07, 6.45) is 1.50. The van der Waals surface area contributed by atoms with Crippen LogP contribution >= 0.6 is 11.6 Å². The SMILES string of the molecule is CCCC(=O)N(C)C(C)(C)CCl. The molecule has 0 aliphatic rings. The maximum absolute atomic E-state index is 11.4. The van der Waals surface area contributed by atoms with E-state index in [0.717, 1.165) is 6.42 Å². The molecule has 0 aliphatic carbocycles. The fraction of sp³-hybridized carbons (Fsp3) is 0.889. The number of nitrogens with zero attached hydrogens (tertiary/aromatic N) is 1. The van der Waals surface area contributed by atoms with Gasteiger partial charge >= 0.3 is 0 Å². The van der Waals surface area contributed by atoms with Gasteiger partial charge in [-0.1, -0.05) is 6.92 Å². The normalized spacial score (nSPS) is 11.4. The third kappa shape index (κ3) is 3.02. The maximum Gasteiger partial charge on any atom is 0.222 e. The number of halogens is 1. The first kappa shape index (κ1) is 11.8. The Morgan fingerprint density at radius 1 is 1.50 bits per heavy atom. The molecule has 0 atom stereocenters. The van der Waals surface area contributed by atoms with E-state index in [1.165, 1.54) is 0 Å². The number of carbonyl (C=O) groups excluding carboxylic acids is 1. The molecule has 0 radical (unpaired) electrons. The molecule has 0 aromatic rings. The van der Waals surface area contributed by atoms with Crippen molar-refractivity contribution in [1.82, 2.24) is 4.90 Å². The molecule has 0 rings (SSSR count). The van der Waals surface area contributed by atoms with Gasteiger partial charge in [0.25, 0.3) is 0 Å². The van der Waals surface area contributed by atoms with E-state index in [-0.39, 0.29) is 11.4 Å². The lowest BCUT2D eigenvalue weighted by Gasteiger charge is -2.33. The predicted octanol–water partition coefficient (Wildman–Crippen LogP) is 2.26. The third-order valence-electron chi connectivity index (χ3n) is 2.07. The smallest absolute Gasteiger partial charge is 0.222 e. The van der Waals surface area contributed by atoms with Crippen molar-refractivity contribution in [1.29, 1.82) is 0 Å². The van der Waals surface area contributed by atoms with Crippen molar-refractivity contribution in [2.75, 3.05) is 12.9 Å². The Hall–Kier alpha value is -0.240. The molecule has 0 unspecified atom stereocenters. The molecule has 0 aromatic heterocycles. The lowest BCUT2D eigenvalue weighted by atomic mass is 10.1. The van der Waals surface area contributed by atoms with Crippen LogP contribution in [-0.4, -0.2) is 29.3 Å². The second kappa shape index (κ2) is 4.70. The number of alkyl halides is 1. The molecule has 2 nitrogen and oxygen atoms in total. The first-order chi connectivity index (χ1) is 5.45. The third-order valence-corrected chi connectivity index (χ3v) is 2.73. The summed E-state index contributed by atoms with van der Waals surface area (Å²) in [7, 11) is 1.81. The molecule has 72 valence electrons. The van der Waals surface area contributed by atoms with Crippen LogP contribution in [0.1, 0.15) is 33.6 Å². The van der Waals surface area contributed by atoms with Crippen LogP contribution in [0.25, 0.3) is 0 Å². The van der Waals surface area contributed by atoms with Crippen molar-refractivity contribution in [3.8, 4) is 0 Å². The Balaban J connectivity index is 4.17. The Kier molecular flexibility index (Phi) is 4.61. The fourth-order valence-corrected chi connectivity index (χ4v) is 0.988. The summed E-state index contributed by atoms with van der Waals surface area (Å²) in [5.74, 6) is 0.641. The standard InChI is InChI=1S/C9H18ClNO/c1-5-6-8(12)11(4)9(2,3)7-10/h5-7H2,1-4H3. The minimum absolute atomic E-state index is 0.170. The highest BCUT2D eigenvalue weighted by Gasteiger charge is 2.25. The molecule has 0 bridgehead atoms. The summed E-state index contributed by atoms with van der Waals surface area (Å²) in [6.45, 7) is 5.93. The van der Waals surface area contributed by atoms with Crippen molar-refractivity contribution in [3.05, 3.63) is 0 Å². The summed E-state index contributed by atoms with van der Waals surface area (Å²) in [4.78, 5) is 13.1. The minimum Gasteiger partial charge on any atom is -0.339 e. The van der Waals surface area contributed by atoms with Crippen molar-refractivity contribution in [3.63, 3.8) is 0 Å². The van der Waals surface area contributed by atoms with E-state index in [2.05, 4.69) is 0 Å². The van der Waals surface area contributed by atoms with Crippen molar-refractivity contribution in [2.24, 2.45) is 0 Å². The average molecular weight is 192 g/mol. The second-order valence-electron chi connectivity index (χ2n) is 3.65. The van der Waals surface area contributed by atoms with Crippen molar-refractivity contribution >= 4 is 17.5 Å². The summed E-state index contributed by atoms with van der Waals surface area (Å²) < 4.78 is 0. The van der Waals surface area contributed by atoms with E-state index in [1.807, 2.05) is 20.8 Å². The predicted molar refractivity (Wildman–Crippen MR) is 52.5 cm³/mol. The molecule has 12 heavy (non-hydrogen) atoms. The molecular weight excluding hydrogens is 174 g/mol. The molecule has 0 N–H and O–H groups in total. The first-order valence-electron chi connectivity index (χ1n) is 4.28. The van der Waals surface area contributed by atoms with Crippen LogP contribution in [0.5, 0.6) is 0 Å². The summed E-state index contributed by atoms with van der Waals surface area (Å²) in [6, 6.07) is 0. The van der Waals surface area contributed by atoms with Gasteiger partial charge in [-0.2, -0.15) is 0 Å². The number of amides is 1. The first-order valence-corrected chi connectivity index (χ1v) is 4.81. The Labute approximate surface area is 79.9 Å². The summed E-state index contributed by atoms with van der Waals surface area (Å²) in [5.41, 5.74) is -0.228. The van der Waals surface area contributed by atoms with E-state index in [4.69, 9.17) is 11.6 Å². The van der Waals surface area contributed by atoms with Gasteiger partial charge in [-0.25, -0.2) is 0 Å². The minimum atomic E-state index is -0.228. The van der Waals surface area contributed by atoms with Gasteiger partial charge in [0.05, 0.1) is 5.54 Å². The molecule has 0 fully saturated rings. The molecule has 0 saturated carbocycles. The van der Waals surface area contributed by atoms with Crippen LogP contribution in [0, 0.1) is 0 Å². The Bertz CT molecular complexity index is 157. The summed E-state index contributed by atoms with van der Waals surface area (Å²) in [5, 5.41) is 0. The zero-order chi connectivity index (χ0) is 9.78. The van der Waals surface area contributed by atoms with Crippen LogP contribution in [-0.2, 0) is 4.79 Å². The van der Waals surface area contributed by atoms with E-state index < -0.39 is 0 Å². The molecule has 0 aromatic carbocycles. The van der Waals surface area contributed by atoms with E-state index in [9.17, 15) is 4.79 Å². The number of hydrogen-bond donors (Lipinski definition) is 0. The van der Waals surface area contributed by atoms with Crippen LogP contribution in [0.4, 0.5) is 0 Å². The van der Waals surface area contributed by atoms with Crippen LogP contribution < -0.4 is 0 Å². The van der Waals surface area contributed by atoms with Gasteiger partial charge in [-0.05, 0) is 20.3 Å². The zero-order valence-corrected chi connectivity index (χ0v) is 9.11. The monoisotopic (exact) mass is 191 g/mol. The highest BCUT2D eigenvalue weighted by Crippen LogP contribution is 2.15. The van der Waals surface area contributed by atoms with Crippen molar-refractivity contribution in [2.45, 2.75) is 39.2 Å². The Morgan fingerprint density at radius 2 is 2.00 bits per heavy atom. The molecule has 0 saturated heterocycles. The molecule has 0 spiro atoms. The lowest BCUT2D eigenvalue weighted by molar-refractivity contribution is -0.133. The lowest BCUT2D eigenvalue weighted by Crippen LogP contribution is -2.46. The number of hydrogen-bond acceptors (Lipinski definition) is 1. The van der Waals surface area contributed by atoms with Gasteiger partial charge in [-0.3, -0.25) is 4.79 Å². The molecule has 3 heteroatoms. The maximum atomic E-state index is 11.4. The van der Waals surface area contributed by atoms with Gasteiger partial charge in [0.2, 0.25) is 5.91 Å². The van der Waals surface area contributed by atoms with Crippen LogP contribution in [0.2, 0.25) is 0 Å². The van der Waals surface area contributed by atoms with Gasteiger partial charge < -0.3 is 4.90 Å². The molecule has 0 aliphatic heterocycles. The van der Waals surface area contributed by atoms with Crippen LogP contribution in [0.3, 0.4) is 0 Å². The molecular formula is C9H18ClNO. The van der Waals surface area contributed by atoms with Gasteiger partial charge in [0, 0.05) is 19.3 Å². The van der Waals surface area contributed by atoms with Crippen molar-refractivity contribution < 1.29 is 4.79 Å². The second-order valence-corrected chi connectivity index (χ2v) is 3.92. The summed E-state index contributed by atoms with van der Waals surface area (Å²) >= 11 is 5.74.